The SMILES string of the molecule is COc1cccc(C(OC)OOc2ccc(OC)c(OC)c2)c1. The molecule has 0 heterocycles. The molecule has 1 unspecified atom stereocenters. The van der Waals surface area contributed by atoms with E-state index in [0.29, 0.717) is 23.0 Å². The summed E-state index contributed by atoms with van der Waals surface area (Å²) in [4.78, 5) is 10.7. The fourth-order valence-electron chi connectivity index (χ4n) is 1.99. The minimum absolute atomic E-state index is 0.465. The van der Waals surface area contributed by atoms with Crippen molar-refractivity contribution in [1.29, 1.82) is 0 Å². The molecule has 0 spiro atoms. The van der Waals surface area contributed by atoms with Crippen molar-refractivity contribution >= 4 is 0 Å². The number of ether oxygens (including phenoxy) is 4. The third kappa shape index (κ3) is 4.28. The Bertz CT molecular complexity index is 628. The summed E-state index contributed by atoms with van der Waals surface area (Å²) in [5.41, 5.74) is 0.771. The van der Waals surface area contributed by atoms with Gasteiger partial charge in [0.1, 0.15) is 5.75 Å². The second kappa shape index (κ2) is 8.26. The summed E-state index contributed by atoms with van der Waals surface area (Å²) in [6, 6.07) is 12.5. The van der Waals surface area contributed by atoms with Gasteiger partial charge < -0.3 is 23.8 Å². The fourth-order valence-corrected chi connectivity index (χ4v) is 1.99. The number of hydrogen-bond acceptors (Lipinski definition) is 6. The van der Waals surface area contributed by atoms with Crippen molar-refractivity contribution in [3.8, 4) is 23.0 Å². The van der Waals surface area contributed by atoms with Crippen LogP contribution in [0.3, 0.4) is 0 Å². The summed E-state index contributed by atoms with van der Waals surface area (Å²) in [5.74, 6) is 2.33. The van der Waals surface area contributed by atoms with Gasteiger partial charge in [-0.15, -0.1) is 0 Å². The molecule has 0 aliphatic rings. The maximum Gasteiger partial charge on any atom is 0.229 e. The van der Waals surface area contributed by atoms with Crippen LogP contribution in [0.15, 0.2) is 42.5 Å². The zero-order chi connectivity index (χ0) is 16.7. The lowest BCUT2D eigenvalue weighted by atomic mass is 10.2. The second-order valence-electron chi connectivity index (χ2n) is 4.54. The van der Waals surface area contributed by atoms with Crippen molar-refractivity contribution in [2.45, 2.75) is 6.29 Å². The van der Waals surface area contributed by atoms with E-state index in [2.05, 4.69) is 0 Å². The van der Waals surface area contributed by atoms with E-state index in [1.165, 1.54) is 7.11 Å². The van der Waals surface area contributed by atoms with Gasteiger partial charge in [0, 0.05) is 18.7 Å². The highest BCUT2D eigenvalue weighted by Gasteiger charge is 2.15. The van der Waals surface area contributed by atoms with Crippen LogP contribution in [0, 0.1) is 0 Å². The quantitative estimate of drug-likeness (QED) is 0.422. The van der Waals surface area contributed by atoms with E-state index in [1.807, 2.05) is 24.3 Å². The van der Waals surface area contributed by atoms with Gasteiger partial charge in [0.2, 0.25) is 6.29 Å². The van der Waals surface area contributed by atoms with Crippen LogP contribution in [0.1, 0.15) is 11.9 Å². The molecule has 2 aromatic carbocycles. The highest BCUT2D eigenvalue weighted by atomic mass is 17.2. The molecule has 0 aliphatic carbocycles. The lowest BCUT2D eigenvalue weighted by Crippen LogP contribution is -2.09. The topological polar surface area (TPSA) is 55.4 Å². The summed E-state index contributed by atoms with van der Waals surface area (Å²) in [7, 11) is 6.25. The summed E-state index contributed by atoms with van der Waals surface area (Å²) in [6.07, 6.45) is -0.696. The summed E-state index contributed by atoms with van der Waals surface area (Å²) in [6.45, 7) is 0. The van der Waals surface area contributed by atoms with E-state index in [4.69, 9.17) is 28.7 Å². The maximum absolute atomic E-state index is 5.36. The third-order valence-electron chi connectivity index (χ3n) is 3.17. The lowest BCUT2D eigenvalue weighted by Gasteiger charge is -2.16. The molecule has 0 radical (unpaired) electrons. The Balaban J connectivity index is 2.08. The minimum Gasteiger partial charge on any atom is -0.497 e. The van der Waals surface area contributed by atoms with E-state index in [0.717, 1.165) is 5.56 Å². The first kappa shape index (κ1) is 16.9. The van der Waals surface area contributed by atoms with Crippen LogP contribution in [0.25, 0.3) is 0 Å². The molecule has 0 saturated heterocycles. The van der Waals surface area contributed by atoms with Gasteiger partial charge in [-0.1, -0.05) is 12.1 Å². The Morgan fingerprint density at radius 2 is 1.52 bits per heavy atom. The summed E-state index contributed by atoms with van der Waals surface area (Å²) >= 11 is 0. The highest BCUT2D eigenvalue weighted by Crippen LogP contribution is 2.32. The molecule has 23 heavy (non-hydrogen) atoms. The maximum atomic E-state index is 5.36. The number of rotatable bonds is 8. The molecule has 0 bridgehead atoms. The van der Waals surface area contributed by atoms with Crippen molar-refractivity contribution in [2.24, 2.45) is 0 Å². The first-order chi connectivity index (χ1) is 11.2. The van der Waals surface area contributed by atoms with Crippen molar-refractivity contribution in [3.63, 3.8) is 0 Å². The average molecular weight is 320 g/mol. The van der Waals surface area contributed by atoms with Gasteiger partial charge in [-0.2, -0.15) is 4.89 Å². The van der Waals surface area contributed by atoms with E-state index >= 15 is 0 Å². The van der Waals surface area contributed by atoms with Crippen LogP contribution in [0.2, 0.25) is 0 Å². The van der Waals surface area contributed by atoms with Crippen LogP contribution in [-0.4, -0.2) is 28.4 Å². The number of benzene rings is 2. The molecule has 0 aromatic heterocycles. The lowest BCUT2D eigenvalue weighted by molar-refractivity contribution is -0.318. The molecule has 124 valence electrons. The van der Waals surface area contributed by atoms with Crippen molar-refractivity contribution in [2.75, 3.05) is 28.4 Å². The second-order valence-corrected chi connectivity index (χ2v) is 4.54. The Labute approximate surface area is 135 Å². The van der Waals surface area contributed by atoms with Gasteiger partial charge in [0.05, 0.1) is 21.3 Å². The van der Waals surface area contributed by atoms with Gasteiger partial charge >= 0.3 is 0 Å². The van der Waals surface area contributed by atoms with E-state index < -0.39 is 6.29 Å². The van der Waals surface area contributed by atoms with Crippen LogP contribution in [0.4, 0.5) is 0 Å². The van der Waals surface area contributed by atoms with Crippen LogP contribution in [-0.2, 0) is 9.62 Å². The molecular formula is C17H20O6. The number of hydrogen-bond donors (Lipinski definition) is 0. The standard InChI is InChI=1S/C17H20O6/c1-18-13-7-5-6-12(10-13)17(21-4)23-22-14-8-9-15(19-2)16(11-14)20-3/h5-11,17H,1-4H3. The zero-order valence-corrected chi connectivity index (χ0v) is 13.6. The Hall–Kier alpha value is -2.44. The predicted octanol–water partition coefficient (Wildman–Crippen LogP) is 3.37. The van der Waals surface area contributed by atoms with Crippen LogP contribution < -0.4 is 19.1 Å². The summed E-state index contributed by atoms with van der Waals surface area (Å²) < 4.78 is 20.9. The van der Waals surface area contributed by atoms with Gasteiger partial charge in [-0.05, 0) is 24.3 Å². The van der Waals surface area contributed by atoms with Crippen molar-refractivity contribution in [1.82, 2.24) is 0 Å². The Morgan fingerprint density at radius 3 is 2.17 bits per heavy atom. The zero-order valence-electron chi connectivity index (χ0n) is 13.6. The molecule has 0 fully saturated rings. The highest BCUT2D eigenvalue weighted by molar-refractivity contribution is 5.45. The first-order valence-corrected chi connectivity index (χ1v) is 6.94. The van der Waals surface area contributed by atoms with Gasteiger partial charge in [0.15, 0.2) is 17.2 Å². The monoisotopic (exact) mass is 320 g/mol. The molecule has 0 amide bonds. The molecule has 0 aliphatic heterocycles. The first-order valence-electron chi connectivity index (χ1n) is 6.94. The van der Waals surface area contributed by atoms with E-state index in [1.54, 1.807) is 39.5 Å². The minimum atomic E-state index is -0.696. The fraction of sp³-hybridized carbons (Fsp3) is 0.294. The molecule has 2 aromatic rings. The molecule has 1 atom stereocenters. The average Bonchev–Trinajstić information content (AvgIpc) is 2.62. The van der Waals surface area contributed by atoms with E-state index in [9.17, 15) is 0 Å². The van der Waals surface area contributed by atoms with E-state index in [-0.39, 0.29) is 0 Å². The Morgan fingerprint density at radius 1 is 0.739 bits per heavy atom. The van der Waals surface area contributed by atoms with Crippen molar-refractivity contribution in [3.05, 3.63) is 48.0 Å². The normalized spacial score (nSPS) is 11.7. The predicted molar refractivity (Wildman–Crippen MR) is 84.0 cm³/mol. The smallest absolute Gasteiger partial charge is 0.229 e. The van der Waals surface area contributed by atoms with Gasteiger partial charge in [0.25, 0.3) is 0 Å². The molecule has 6 nitrogen and oxygen atoms in total. The molecule has 0 N–H and O–H groups in total. The molecule has 2 rings (SSSR count). The van der Waals surface area contributed by atoms with Crippen LogP contribution >= 0.6 is 0 Å². The molecule has 0 saturated carbocycles. The van der Waals surface area contributed by atoms with Crippen LogP contribution in [0.5, 0.6) is 23.0 Å². The van der Waals surface area contributed by atoms with Crippen molar-refractivity contribution < 1.29 is 28.7 Å². The molecular weight excluding hydrogens is 300 g/mol. The van der Waals surface area contributed by atoms with Gasteiger partial charge in [-0.25, -0.2) is 0 Å². The number of methoxy groups -OCH3 is 4. The summed E-state index contributed by atoms with van der Waals surface area (Å²) in [5, 5.41) is 0. The largest absolute Gasteiger partial charge is 0.497 e. The molecule has 6 heteroatoms. The Kier molecular flexibility index (Phi) is 6.08. The third-order valence-corrected chi connectivity index (χ3v) is 3.17. The van der Waals surface area contributed by atoms with Gasteiger partial charge in [-0.3, -0.25) is 0 Å².